The van der Waals surface area contributed by atoms with Crippen LogP contribution in [-0.2, 0) is 21.4 Å². The molecular formula is C22H23ClN2O3S. The quantitative estimate of drug-likeness (QED) is 0.577. The second-order valence-electron chi connectivity index (χ2n) is 6.88. The fraction of sp³-hybridized carbons (Fsp3) is 0.227. The molecule has 0 unspecified atom stereocenters. The highest BCUT2D eigenvalue weighted by Gasteiger charge is 2.17. The van der Waals surface area contributed by atoms with Gasteiger partial charge in [0.2, 0.25) is 15.9 Å². The maximum Gasteiger partial charge on any atom is 0.232 e. The molecule has 0 spiro atoms. The third kappa shape index (κ3) is 5.95. The lowest BCUT2D eigenvalue weighted by Crippen LogP contribution is -2.32. The zero-order valence-electron chi connectivity index (χ0n) is 16.1. The van der Waals surface area contributed by atoms with E-state index in [1.54, 1.807) is 24.3 Å². The average molecular weight is 431 g/mol. The van der Waals surface area contributed by atoms with Gasteiger partial charge in [0, 0.05) is 24.5 Å². The van der Waals surface area contributed by atoms with E-state index in [1.165, 1.54) is 4.31 Å². The number of hydrogen-bond donors (Lipinski definition) is 1. The molecule has 0 heterocycles. The Bertz CT molecular complexity index is 1120. The molecule has 1 N–H and O–H groups in total. The van der Waals surface area contributed by atoms with Gasteiger partial charge in [-0.25, -0.2) is 8.42 Å². The normalized spacial score (nSPS) is 11.4. The molecule has 0 aliphatic rings. The van der Waals surface area contributed by atoms with Crippen LogP contribution in [0, 0.1) is 0 Å². The molecule has 152 valence electrons. The highest BCUT2D eigenvalue weighted by atomic mass is 35.5. The number of rotatable bonds is 8. The fourth-order valence-electron chi connectivity index (χ4n) is 3.14. The van der Waals surface area contributed by atoms with Crippen molar-refractivity contribution < 1.29 is 13.2 Å². The Hall–Kier alpha value is -2.57. The second kappa shape index (κ2) is 9.29. The van der Waals surface area contributed by atoms with Crippen molar-refractivity contribution in [3.63, 3.8) is 0 Å². The maximum atomic E-state index is 12.2. The highest BCUT2D eigenvalue weighted by molar-refractivity contribution is 7.92. The van der Waals surface area contributed by atoms with Crippen LogP contribution in [0.3, 0.4) is 0 Å². The minimum Gasteiger partial charge on any atom is -0.352 e. The van der Waals surface area contributed by atoms with Crippen molar-refractivity contribution in [2.45, 2.75) is 19.4 Å². The van der Waals surface area contributed by atoms with Gasteiger partial charge in [0.1, 0.15) is 0 Å². The maximum absolute atomic E-state index is 12.2. The second-order valence-corrected chi connectivity index (χ2v) is 9.22. The lowest BCUT2D eigenvalue weighted by Gasteiger charge is -2.22. The number of carbonyl (C=O) groups is 1. The first-order valence-electron chi connectivity index (χ1n) is 9.30. The number of fused-ring (bicyclic) bond motifs is 1. The number of anilines is 1. The van der Waals surface area contributed by atoms with Crippen LogP contribution in [0.5, 0.6) is 0 Å². The standard InChI is InChI=1S/C22H23ClN2O3S/c1-29(27,28)25(21-9-4-8-20(23)15-21)13-5-10-22(26)24-16-17-11-12-18-6-2-3-7-19(18)14-17/h2-4,6-9,11-12,14-15H,5,10,13,16H2,1H3,(H,24,26). The molecule has 0 saturated carbocycles. The molecule has 1 amide bonds. The summed E-state index contributed by atoms with van der Waals surface area (Å²) in [6.07, 6.45) is 1.79. The fourth-order valence-corrected chi connectivity index (χ4v) is 4.28. The van der Waals surface area contributed by atoms with Gasteiger partial charge in [-0.2, -0.15) is 0 Å². The molecule has 0 atom stereocenters. The van der Waals surface area contributed by atoms with E-state index in [2.05, 4.69) is 11.4 Å². The van der Waals surface area contributed by atoms with Gasteiger partial charge in [-0.05, 0) is 47.0 Å². The monoisotopic (exact) mass is 430 g/mol. The number of nitrogens with one attached hydrogen (secondary N) is 1. The summed E-state index contributed by atoms with van der Waals surface area (Å²) in [5.74, 6) is -0.113. The van der Waals surface area contributed by atoms with Crippen molar-refractivity contribution in [3.05, 3.63) is 77.3 Å². The van der Waals surface area contributed by atoms with E-state index < -0.39 is 10.0 Å². The molecule has 0 aromatic heterocycles. The van der Waals surface area contributed by atoms with E-state index in [0.29, 0.717) is 23.7 Å². The van der Waals surface area contributed by atoms with Crippen LogP contribution in [-0.4, -0.2) is 27.1 Å². The van der Waals surface area contributed by atoms with Crippen molar-refractivity contribution in [2.75, 3.05) is 17.1 Å². The Balaban J connectivity index is 1.53. The van der Waals surface area contributed by atoms with Crippen LogP contribution < -0.4 is 9.62 Å². The van der Waals surface area contributed by atoms with Crippen LogP contribution in [0.15, 0.2) is 66.7 Å². The van der Waals surface area contributed by atoms with E-state index in [0.717, 1.165) is 22.6 Å². The zero-order chi connectivity index (χ0) is 20.9. The van der Waals surface area contributed by atoms with Crippen LogP contribution in [0.2, 0.25) is 5.02 Å². The molecule has 0 saturated heterocycles. The largest absolute Gasteiger partial charge is 0.352 e. The first-order chi connectivity index (χ1) is 13.8. The van der Waals surface area contributed by atoms with Gasteiger partial charge >= 0.3 is 0 Å². The van der Waals surface area contributed by atoms with Gasteiger partial charge < -0.3 is 5.32 Å². The number of benzene rings is 3. The summed E-state index contributed by atoms with van der Waals surface area (Å²) in [4.78, 5) is 12.2. The first kappa shape index (κ1) is 21.1. The van der Waals surface area contributed by atoms with Gasteiger partial charge in [-0.1, -0.05) is 54.1 Å². The first-order valence-corrected chi connectivity index (χ1v) is 11.5. The van der Waals surface area contributed by atoms with E-state index >= 15 is 0 Å². The minimum atomic E-state index is -3.47. The summed E-state index contributed by atoms with van der Waals surface area (Å²) in [7, 11) is -3.47. The predicted octanol–water partition coefficient (Wildman–Crippen LogP) is 4.36. The zero-order valence-corrected chi connectivity index (χ0v) is 17.7. The predicted molar refractivity (Wildman–Crippen MR) is 119 cm³/mol. The van der Waals surface area contributed by atoms with Crippen molar-refractivity contribution >= 4 is 44.0 Å². The minimum absolute atomic E-state index is 0.113. The number of amides is 1. The molecule has 3 aromatic rings. The van der Waals surface area contributed by atoms with E-state index in [1.807, 2.05) is 36.4 Å². The summed E-state index contributed by atoms with van der Waals surface area (Å²) < 4.78 is 25.5. The van der Waals surface area contributed by atoms with Crippen LogP contribution in [0.25, 0.3) is 10.8 Å². The Kier molecular flexibility index (Phi) is 6.77. The van der Waals surface area contributed by atoms with Gasteiger partial charge in [0.25, 0.3) is 0 Å². The average Bonchev–Trinajstić information content (AvgIpc) is 2.68. The SMILES string of the molecule is CS(=O)(=O)N(CCCC(=O)NCc1ccc2ccccc2c1)c1cccc(Cl)c1. The number of nitrogens with zero attached hydrogens (tertiary/aromatic N) is 1. The Morgan fingerprint density at radius 2 is 1.76 bits per heavy atom. The summed E-state index contributed by atoms with van der Waals surface area (Å²) in [6, 6.07) is 20.8. The third-order valence-corrected chi connectivity index (χ3v) is 5.99. The third-order valence-electron chi connectivity index (χ3n) is 4.57. The lowest BCUT2D eigenvalue weighted by molar-refractivity contribution is -0.121. The van der Waals surface area contributed by atoms with Crippen molar-refractivity contribution in [2.24, 2.45) is 0 Å². The summed E-state index contributed by atoms with van der Waals surface area (Å²) in [6.45, 7) is 0.649. The van der Waals surface area contributed by atoms with Gasteiger partial charge in [0.05, 0.1) is 11.9 Å². The summed E-state index contributed by atoms with van der Waals surface area (Å²) in [5, 5.41) is 5.65. The molecule has 29 heavy (non-hydrogen) atoms. The number of sulfonamides is 1. The van der Waals surface area contributed by atoms with Crippen LogP contribution in [0.4, 0.5) is 5.69 Å². The molecule has 0 aliphatic carbocycles. The van der Waals surface area contributed by atoms with Gasteiger partial charge in [0.15, 0.2) is 0 Å². The Morgan fingerprint density at radius 1 is 1.00 bits per heavy atom. The number of halogens is 1. The molecule has 3 rings (SSSR count). The molecule has 3 aromatic carbocycles. The Labute approximate surface area is 176 Å². The molecule has 7 heteroatoms. The lowest BCUT2D eigenvalue weighted by atomic mass is 10.1. The summed E-state index contributed by atoms with van der Waals surface area (Å²) >= 11 is 5.97. The molecule has 0 bridgehead atoms. The highest BCUT2D eigenvalue weighted by Crippen LogP contribution is 2.22. The molecular weight excluding hydrogens is 408 g/mol. The van der Waals surface area contributed by atoms with Gasteiger partial charge in [-0.15, -0.1) is 0 Å². The van der Waals surface area contributed by atoms with Crippen molar-refractivity contribution in [1.82, 2.24) is 5.32 Å². The topological polar surface area (TPSA) is 66.5 Å². The molecule has 5 nitrogen and oxygen atoms in total. The number of hydrogen-bond acceptors (Lipinski definition) is 3. The van der Waals surface area contributed by atoms with E-state index in [-0.39, 0.29) is 18.9 Å². The Morgan fingerprint density at radius 3 is 2.48 bits per heavy atom. The van der Waals surface area contributed by atoms with Crippen LogP contribution in [0.1, 0.15) is 18.4 Å². The van der Waals surface area contributed by atoms with Gasteiger partial charge in [-0.3, -0.25) is 9.10 Å². The van der Waals surface area contributed by atoms with E-state index in [4.69, 9.17) is 11.6 Å². The summed E-state index contributed by atoms with van der Waals surface area (Å²) in [5.41, 5.74) is 1.52. The van der Waals surface area contributed by atoms with Crippen molar-refractivity contribution in [3.8, 4) is 0 Å². The smallest absolute Gasteiger partial charge is 0.232 e. The number of carbonyl (C=O) groups excluding carboxylic acids is 1. The van der Waals surface area contributed by atoms with Crippen LogP contribution >= 0.6 is 11.6 Å². The molecule has 0 aliphatic heterocycles. The van der Waals surface area contributed by atoms with E-state index in [9.17, 15) is 13.2 Å². The molecule has 0 fully saturated rings. The molecule has 0 radical (unpaired) electrons. The van der Waals surface area contributed by atoms with Crippen molar-refractivity contribution in [1.29, 1.82) is 0 Å².